The van der Waals surface area contributed by atoms with Crippen LogP contribution in [0.4, 0.5) is 0 Å². The molecule has 19 heavy (non-hydrogen) atoms. The van der Waals surface area contributed by atoms with Crippen molar-refractivity contribution in [2.75, 3.05) is 14.2 Å². The number of benzene rings is 1. The summed E-state index contributed by atoms with van der Waals surface area (Å²) in [7, 11) is 2.64. The van der Waals surface area contributed by atoms with Crippen LogP contribution in [0.3, 0.4) is 0 Å². The second kappa shape index (κ2) is 8.26. The molecule has 3 N–H and O–H groups in total. The molecule has 0 amide bonds. The summed E-state index contributed by atoms with van der Waals surface area (Å²) in [6, 6.07) is 4.99. The molecule has 5 heteroatoms. The average molecular weight is 267 g/mol. The van der Waals surface area contributed by atoms with Crippen molar-refractivity contribution in [2.24, 2.45) is 0 Å². The van der Waals surface area contributed by atoms with E-state index in [1.807, 2.05) is 0 Å². The van der Waals surface area contributed by atoms with Gasteiger partial charge in [0.2, 0.25) is 0 Å². The normalized spacial score (nSPS) is 9.42. The average Bonchev–Trinajstić information content (AvgIpc) is 2.43. The number of unbranched alkanes of at least 4 members (excludes halogenated alkanes) is 1. The van der Waals surface area contributed by atoms with Gasteiger partial charge in [0.15, 0.2) is 0 Å². The van der Waals surface area contributed by atoms with E-state index in [0.29, 0.717) is 11.1 Å². The molecule has 0 saturated carbocycles. The zero-order valence-electron chi connectivity index (χ0n) is 11.7. The van der Waals surface area contributed by atoms with Crippen LogP contribution in [0.25, 0.3) is 0 Å². The van der Waals surface area contributed by atoms with Crippen molar-refractivity contribution in [1.82, 2.24) is 6.15 Å². The van der Waals surface area contributed by atoms with Crippen molar-refractivity contribution in [2.45, 2.75) is 26.2 Å². The topological polar surface area (TPSA) is 87.6 Å². The lowest BCUT2D eigenvalue weighted by molar-refractivity contribution is 0.0598. The first-order chi connectivity index (χ1) is 8.63. The largest absolute Gasteiger partial charge is 0.465 e. The molecule has 5 nitrogen and oxygen atoms in total. The van der Waals surface area contributed by atoms with Crippen LogP contribution >= 0.6 is 0 Å². The number of ether oxygens (including phenoxy) is 2. The number of carbonyl (C=O) groups is 2. The molecule has 0 aliphatic rings. The van der Waals surface area contributed by atoms with E-state index in [2.05, 4.69) is 11.7 Å². The predicted octanol–water partition coefficient (Wildman–Crippen LogP) is 2.76. The standard InChI is InChI=1S/C14H18O4.H3N/c1-4-5-6-10-7-8-11(13(15)17-2)9-12(10)14(16)18-3;/h7-9H,4-6H2,1-3H3;1H3. The number of aryl methyl sites for hydroxylation is 1. The molecule has 1 rings (SSSR count). The van der Waals surface area contributed by atoms with E-state index >= 15 is 0 Å². The third-order valence-corrected chi connectivity index (χ3v) is 2.74. The Morgan fingerprint density at radius 1 is 1.11 bits per heavy atom. The van der Waals surface area contributed by atoms with Crippen molar-refractivity contribution < 1.29 is 19.1 Å². The van der Waals surface area contributed by atoms with Gasteiger partial charge in [0.05, 0.1) is 25.3 Å². The number of carbonyl (C=O) groups excluding carboxylic acids is 2. The van der Waals surface area contributed by atoms with Crippen LogP contribution in [0.15, 0.2) is 18.2 Å². The van der Waals surface area contributed by atoms with Gasteiger partial charge in [-0.2, -0.15) is 0 Å². The van der Waals surface area contributed by atoms with Gasteiger partial charge in [-0.25, -0.2) is 9.59 Å². The van der Waals surface area contributed by atoms with Crippen molar-refractivity contribution in [1.29, 1.82) is 0 Å². The summed E-state index contributed by atoms with van der Waals surface area (Å²) < 4.78 is 9.37. The summed E-state index contributed by atoms with van der Waals surface area (Å²) in [5.74, 6) is -0.881. The molecular weight excluding hydrogens is 246 g/mol. The number of hydrogen-bond donors (Lipinski definition) is 1. The maximum absolute atomic E-state index is 11.7. The fourth-order valence-electron chi connectivity index (χ4n) is 1.71. The van der Waals surface area contributed by atoms with Crippen LogP contribution in [-0.4, -0.2) is 26.2 Å². The first-order valence-electron chi connectivity index (χ1n) is 5.93. The number of esters is 2. The molecule has 1 aromatic rings. The minimum Gasteiger partial charge on any atom is -0.465 e. The van der Waals surface area contributed by atoms with Crippen LogP contribution in [0.5, 0.6) is 0 Å². The lowest BCUT2D eigenvalue weighted by Gasteiger charge is -2.09. The summed E-state index contributed by atoms with van der Waals surface area (Å²) in [4.78, 5) is 23.1. The Bertz CT molecular complexity index is 443. The van der Waals surface area contributed by atoms with Gasteiger partial charge in [-0.15, -0.1) is 0 Å². The van der Waals surface area contributed by atoms with E-state index in [1.165, 1.54) is 20.3 Å². The third-order valence-electron chi connectivity index (χ3n) is 2.74. The summed E-state index contributed by atoms with van der Waals surface area (Å²) >= 11 is 0. The van der Waals surface area contributed by atoms with Crippen LogP contribution in [0.2, 0.25) is 0 Å². The zero-order chi connectivity index (χ0) is 13.5. The molecular formula is C14H21NO4. The van der Waals surface area contributed by atoms with Gasteiger partial charge in [-0.1, -0.05) is 19.4 Å². The summed E-state index contributed by atoms with van der Waals surface area (Å²) in [6.45, 7) is 2.08. The molecule has 0 heterocycles. The lowest BCUT2D eigenvalue weighted by Crippen LogP contribution is -2.09. The highest BCUT2D eigenvalue weighted by atomic mass is 16.5. The molecule has 0 aromatic heterocycles. The number of hydrogen-bond acceptors (Lipinski definition) is 5. The Hall–Kier alpha value is -1.88. The van der Waals surface area contributed by atoms with Gasteiger partial charge in [0.25, 0.3) is 0 Å². The Labute approximate surface area is 113 Å². The second-order valence-electron chi connectivity index (χ2n) is 3.96. The minimum absolute atomic E-state index is 0. The fourth-order valence-corrected chi connectivity index (χ4v) is 1.71. The van der Waals surface area contributed by atoms with Crippen molar-refractivity contribution in [3.63, 3.8) is 0 Å². The quantitative estimate of drug-likeness (QED) is 0.829. The molecule has 0 fully saturated rings. The molecule has 0 aliphatic heterocycles. The van der Waals surface area contributed by atoms with Gasteiger partial charge >= 0.3 is 11.9 Å². The Balaban J connectivity index is 0.00000324. The van der Waals surface area contributed by atoms with E-state index in [1.54, 1.807) is 12.1 Å². The van der Waals surface area contributed by atoms with E-state index in [9.17, 15) is 9.59 Å². The highest BCUT2D eigenvalue weighted by molar-refractivity contribution is 5.96. The van der Waals surface area contributed by atoms with Crippen LogP contribution in [-0.2, 0) is 15.9 Å². The molecule has 0 radical (unpaired) electrons. The molecule has 0 bridgehead atoms. The van der Waals surface area contributed by atoms with E-state index < -0.39 is 11.9 Å². The SMILES string of the molecule is CCCCc1ccc(C(=O)OC)cc1C(=O)OC.N. The molecule has 0 unspecified atom stereocenters. The Morgan fingerprint density at radius 2 is 1.74 bits per heavy atom. The summed E-state index contributed by atoms with van der Waals surface area (Å²) in [6.07, 6.45) is 2.82. The smallest absolute Gasteiger partial charge is 0.338 e. The number of rotatable bonds is 5. The zero-order valence-corrected chi connectivity index (χ0v) is 11.7. The highest BCUT2D eigenvalue weighted by Gasteiger charge is 2.15. The number of methoxy groups -OCH3 is 2. The fraction of sp³-hybridized carbons (Fsp3) is 0.429. The summed E-state index contributed by atoms with van der Waals surface area (Å²) in [5.41, 5.74) is 1.70. The van der Waals surface area contributed by atoms with Crippen molar-refractivity contribution in [3.05, 3.63) is 34.9 Å². The van der Waals surface area contributed by atoms with E-state index in [4.69, 9.17) is 4.74 Å². The van der Waals surface area contributed by atoms with Crippen LogP contribution in [0.1, 0.15) is 46.0 Å². The molecule has 0 atom stereocenters. The highest BCUT2D eigenvalue weighted by Crippen LogP contribution is 2.16. The Kier molecular flexibility index (Phi) is 7.44. The van der Waals surface area contributed by atoms with E-state index in [0.717, 1.165) is 24.8 Å². The maximum Gasteiger partial charge on any atom is 0.338 e. The Morgan fingerprint density at radius 3 is 2.26 bits per heavy atom. The third kappa shape index (κ3) is 4.37. The molecule has 0 aliphatic carbocycles. The molecule has 0 saturated heterocycles. The van der Waals surface area contributed by atoms with Gasteiger partial charge in [0.1, 0.15) is 0 Å². The predicted molar refractivity (Wildman–Crippen MR) is 72.8 cm³/mol. The second-order valence-corrected chi connectivity index (χ2v) is 3.96. The maximum atomic E-state index is 11.7. The van der Waals surface area contributed by atoms with Gasteiger partial charge < -0.3 is 15.6 Å². The van der Waals surface area contributed by atoms with Gasteiger partial charge in [0, 0.05) is 0 Å². The van der Waals surface area contributed by atoms with Crippen molar-refractivity contribution >= 4 is 11.9 Å². The van der Waals surface area contributed by atoms with Crippen molar-refractivity contribution in [3.8, 4) is 0 Å². The molecule has 106 valence electrons. The lowest BCUT2D eigenvalue weighted by atomic mass is 9.99. The van der Waals surface area contributed by atoms with Gasteiger partial charge in [-0.3, -0.25) is 0 Å². The first-order valence-corrected chi connectivity index (χ1v) is 5.93. The first kappa shape index (κ1) is 17.1. The molecule has 0 spiro atoms. The minimum atomic E-state index is -0.456. The van der Waals surface area contributed by atoms with Crippen LogP contribution in [0, 0.1) is 0 Å². The summed E-state index contributed by atoms with van der Waals surface area (Å²) in [5, 5.41) is 0. The van der Waals surface area contributed by atoms with E-state index in [-0.39, 0.29) is 6.15 Å². The van der Waals surface area contributed by atoms with Crippen LogP contribution < -0.4 is 6.15 Å². The van der Waals surface area contributed by atoms with Gasteiger partial charge in [-0.05, 0) is 30.5 Å². The monoisotopic (exact) mass is 267 g/mol. The molecule has 1 aromatic carbocycles.